The van der Waals surface area contributed by atoms with Crippen LogP contribution in [0.2, 0.25) is 0 Å². The molecular formula is C26H28FN9O3. The van der Waals surface area contributed by atoms with Gasteiger partial charge in [0.1, 0.15) is 29.6 Å². The molecule has 1 fully saturated rings. The first-order valence-corrected chi connectivity index (χ1v) is 12.4. The minimum Gasteiger partial charge on any atom is -0.494 e. The first-order chi connectivity index (χ1) is 18.8. The van der Waals surface area contributed by atoms with E-state index in [0.29, 0.717) is 46.3 Å². The van der Waals surface area contributed by atoms with Gasteiger partial charge < -0.3 is 15.4 Å². The summed E-state index contributed by atoms with van der Waals surface area (Å²) in [4.78, 5) is 35.3. The van der Waals surface area contributed by atoms with Crippen molar-refractivity contribution in [2.75, 3.05) is 24.4 Å². The molecule has 39 heavy (non-hydrogen) atoms. The second kappa shape index (κ2) is 11.0. The van der Waals surface area contributed by atoms with E-state index in [4.69, 9.17) is 9.57 Å². The predicted octanol–water partition coefficient (Wildman–Crippen LogP) is 4.40. The minimum absolute atomic E-state index is 0.160. The Morgan fingerprint density at radius 3 is 2.62 bits per heavy atom. The Labute approximate surface area is 224 Å². The lowest BCUT2D eigenvalue weighted by atomic mass is 10.1. The molecule has 1 amide bonds. The molecule has 1 saturated carbocycles. The molecule has 0 radical (unpaired) electrons. The molecule has 3 aromatic heterocycles. The van der Waals surface area contributed by atoms with Crippen molar-refractivity contribution in [2.24, 2.45) is 0 Å². The standard InChI is InChI=1S/C26H28FN9O3/c1-5-39-35-26(37)19-12-28-22(33-23-8-14(2)30-15(3)31-23)11-20(19)32-21-10-16(27)9-18(24(21)38-4)25-29-13-36(34-25)17-6-7-17/h8-13,17H,5-7H2,1-4H3,(H,35,37)(H2,28,30,31,32,33). The molecule has 0 spiro atoms. The van der Waals surface area contributed by atoms with Crippen molar-refractivity contribution in [3.05, 3.63) is 59.7 Å². The summed E-state index contributed by atoms with van der Waals surface area (Å²) in [5.74, 6) is 1.11. The Kier molecular flexibility index (Phi) is 7.32. The van der Waals surface area contributed by atoms with E-state index in [2.05, 4.69) is 41.1 Å². The number of nitrogens with zero attached hydrogens (tertiary/aromatic N) is 6. The van der Waals surface area contributed by atoms with Crippen LogP contribution in [-0.4, -0.2) is 49.3 Å². The van der Waals surface area contributed by atoms with Crippen molar-refractivity contribution in [1.82, 2.24) is 35.2 Å². The zero-order chi connectivity index (χ0) is 27.5. The third-order valence-corrected chi connectivity index (χ3v) is 5.88. The van der Waals surface area contributed by atoms with Crippen LogP contribution in [0.4, 0.5) is 27.4 Å². The fourth-order valence-corrected chi connectivity index (χ4v) is 4.04. The quantitative estimate of drug-likeness (QED) is 0.251. The van der Waals surface area contributed by atoms with Crippen LogP contribution in [0.1, 0.15) is 47.7 Å². The van der Waals surface area contributed by atoms with Crippen molar-refractivity contribution >= 4 is 28.9 Å². The fourth-order valence-electron chi connectivity index (χ4n) is 4.04. The predicted molar refractivity (Wildman–Crippen MR) is 142 cm³/mol. The third kappa shape index (κ3) is 5.93. The van der Waals surface area contributed by atoms with Gasteiger partial charge in [-0.25, -0.2) is 34.5 Å². The average Bonchev–Trinajstić information content (AvgIpc) is 3.63. The highest BCUT2D eigenvalue weighted by Crippen LogP contribution is 2.40. The van der Waals surface area contributed by atoms with Gasteiger partial charge in [-0.05, 0) is 39.7 Å². The maximum absolute atomic E-state index is 14.9. The molecule has 1 aromatic carbocycles. The van der Waals surface area contributed by atoms with Crippen LogP contribution in [0.15, 0.2) is 36.8 Å². The van der Waals surface area contributed by atoms with Crippen molar-refractivity contribution in [3.8, 4) is 17.1 Å². The van der Waals surface area contributed by atoms with E-state index in [1.807, 2.05) is 6.92 Å². The smallest absolute Gasteiger partial charge is 0.278 e. The highest BCUT2D eigenvalue weighted by Gasteiger charge is 2.26. The van der Waals surface area contributed by atoms with Crippen molar-refractivity contribution in [1.29, 1.82) is 0 Å². The van der Waals surface area contributed by atoms with Gasteiger partial charge in [-0.15, -0.1) is 0 Å². The molecule has 0 unspecified atom stereocenters. The second-order valence-electron chi connectivity index (χ2n) is 8.98. The first kappa shape index (κ1) is 26.0. The van der Waals surface area contributed by atoms with E-state index in [1.165, 1.54) is 25.4 Å². The average molecular weight is 534 g/mol. The Hall–Kier alpha value is -4.65. The van der Waals surface area contributed by atoms with Crippen molar-refractivity contribution < 1.29 is 18.8 Å². The molecule has 0 bridgehead atoms. The summed E-state index contributed by atoms with van der Waals surface area (Å²) in [7, 11) is 1.47. The number of aryl methyl sites for hydroxylation is 2. The van der Waals surface area contributed by atoms with E-state index in [-0.39, 0.29) is 17.9 Å². The van der Waals surface area contributed by atoms with Gasteiger partial charge >= 0.3 is 0 Å². The Balaban J connectivity index is 1.53. The molecule has 13 heteroatoms. The highest BCUT2D eigenvalue weighted by atomic mass is 19.1. The van der Waals surface area contributed by atoms with Gasteiger partial charge in [0.05, 0.1) is 42.3 Å². The molecule has 12 nitrogen and oxygen atoms in total. The van der Waals surface area contributed by atoms with Gasteiger partial charge in [0, 0.05) is 30.1 Å². The largest absolute Gasteiger partial charge is 0.494 e. The molecule has 1 aliphatic carbocycles. The Morgan fingerprint density at radius 1 is 1.08 bits per heavy atom. The molecular weight excluding hydrogens is 505 g/mol. The van der Waals surface area contributed by atoms with Crippen molar-refractivity contribution in [3.63, 3.8) is 0 Å². The lowest BCUT2D eigenvalue weighted by Gasteiger charge is -2.17. The molecule has 1 aliphatic rings. The number of halogens is 1. The van der Waals surface area contributed by atoms with Gasteiger partial charge in [-0.1, -0.05) is 0 Å². The number of amides is 1. The summed E-state index contributed by atoms with van der Waals surface area (Å²) in [5, 5.41) is 10.8. The highest BCUT2D eigenvalue weighted by molar-refractivity contribution is 6.00. The Morgan fingerprint density at radius 2 is 1.90 bits per heavy atom. The van der Waals surface area contributed by atoms with Crippen molar-refractivity contribution in [2.45, 2.75) is 39.7 Å². The molecule has 3 heterocycles. The maximum atomic E-state index is 14.9. The van der Waals surface area contributed by atoms with Crippen LogP contribution in [0.25, 0.3) is 11.4 Å². The lowest BCUT2D eigenvalue weighted by molar-refractivity contribution is 0.0365. The van der Waals surface area contributed by atoms with Gasteiger partial charge in [-0.2, -0.15) is 5.10 Å². The third-order valence-electron chi connectivity index (χ3n) is 5.88. The van der Waals surface area contributed by atoms with E-state index in [9.17, 15) is 9.18 Å². The van der Waals surface area contributed by atoms with Gasteiger partial charge in [-0.3, -0.25) is 9.63 Å². The normalized spacial score (nSPS) is 12.7. The number of methoxy groups -OCH3 is 1. The summed E-state index contributed by atoms with van der Waals surface area (Å²) < 4.78 is 22.3. The SMILES string of the molecule is CCONC(=O)c1cnc(Nc2cc(C)nc(C)n2)cc1Nc1cc(F)cc(-c2ncn(C3CC3)n2)c1OC. The zero-order valence-corrected chi connectivity index (χ0v) is 21.9. The number of nitrogens with one attached hydrogen (secondary N) is 3. The number of benzene rings is 1. The topological polar surface area (TPSA) is 141 Å². The molecule has 0 saturated heterocycles. The van der Waals surface area contributed by atoms with Crippen LogP contribution in [0.3, 0.4) is 0 Å². The number of pyridine rings is 1. The zero-order valence-electron chi connectivity index (χ0n) is 21.9. The number of hydroxylamine groups is 1. The van der Waals surface area contributed by atoms with Gasteiger partial charge in [0.25, 0.3) is 5.91 Å². The van der Waals surface area contributed by atoms with E-state index >= 15 is 0 Å². The summed E-state index contributed by atoms with van der Waals surface area (Å²) in [5.41, 5.74) is 4.27. The van der Waals surface area contributed by atoms with Crippen LogP contribution >= 0.6 is 0 Å². The number of rotatable bonds is 10. The number of hydrogen-bond acceptors (Lipinski definition) is 10. The minimum atomic E-state index is -0.535. The summed E-state index contributed by atoms with van der Waals surface area (Å²) in [6.45, 7) is 5.66. The fraction of sp³-hybridized carbons (Fsp3) is 0.308. The molecule has 0 aliphatic heterocycles. The Bertz CT molecular complexity index is 1500. The molecule has 0 atom stereocenters. The molecule has 4 aromatic rings. The molecule has 202 valence electrons. The number of ether oxygens (including phenoxy) is 1. The second-order valence-corrected chi connectivity index (χ2v) is 8.98. The number of carbonyl (C=O) groups is 1. The maximum Gasteiger partial charge on any atom is 0.278 e. The number of aromatic nitrogens is 6. The number of hydrogen-bond donors (Lipinski definition) is 3. The van der Waals surface area contributed by atoms with Gasteiger partial charge in [0.2, 0.25) is 0 Å². The van der Waals surface area contributed by atoms with E-state index < -0.39 is 11.7 Å². The van der Waals surface area contributed by atoms with E-state index in [1.54, 1.807) is 37.0 Å². The van der Waals surface area contributed by atoms with Gasteiger partial charge in [0.15, 0.2) is 11.6 Å². The monoisotopic (exact) mass is 533 g/mol. The molecule has 5 rings (SSSR count). The molecule has 3 N–H and O–H groups in total. The number of anilines is 4. The summed E-state index contributed by atoms with van der Waals surface area (Å²) in [6, 6.07) is 6.29. The lowest BCUT2D eigenvalue weighted by Crippen LogP contribution is -2.24. The van der Waals surface area contributed by atoms with Crippen LogP contribution in [0, 0.1) is 19.7 Å². The number of carbonyl (C=O) groups excluding carboxylic acids is 1. The van der Waals surface area contributed by atoms with Crippen LogP contribution < -0.4 is 20.9 Å². The summed E-state index contributed by atoms with van der Waals surface area (Å²) in [6.07, 6.45) is 5.09. The summed E-state index contributed by atoms with van der Waals surface area (Å²) >= 11 is 0. The van der Waals surface area contributed by atoms with Crippen LogP contribution in [-0.2, 0) is 4.84 Å². The van der Waals surface area contributed by atoms with Crippen LogP contribution in [0.5, 0.6) is 5.75 Å². The first-order valence-electron chi connectivity index (χ1n) is 12.4. The van der Waals surface area contributed by atoms with E-state index in [0.717, 1.165) is 18.5 Å².